The molecule has 4 fully saturated rings. The molecule has 4 atom stereocenters. The summed E-state index contributed by atoms with van der Waals surface area (Å²) < 4.78 is 5.66. The minimum atomic E-state index is -0.508. The molecule has 4 rings (SSSR count). The SMILES string of the molecule is CCN(CC1CCN(C(C(=O)NC(C=O)CN2CC3(CCO3)C2)C(C)C)C1)C(=O)N(C)C(C)C1CC1. The fourth-order valence-electron chi connectivity index (χ4n) is 6.31. The number of urea groups is 1. The van der Waals surface area contributed by atoms with E-state index in [0.29, 0.717) is 24.9 Å². The van der Waals surface area contributed by atoms with E-state index < -0.39 is 6.04 Å². The summed E-state index contributed by atoms with van der Waals surface area (Å²) in [7, 11) is 1.93. The summed E-state index contributed by atoms with van der Waals surface area (Å²) in [5.74, 6) is 1.04. The van der Waals surface area contributed by atoms with Gasteiger partial charge < -0.3 is 24.6 Å². The molecule has 36 heavy (non-hydrogen) atoms. The Balaban J connectivity index is 1.27. The van der Waals surface area contributed by atoms with Crippen LogP contribution in [0.3, 0.4) is 0 Å². The average Bonchev–Trinajstić information content (AvgIpc) is 3.55. The number of aldehydes is 1. The second-order valence-corrected chi connectivity index (χ2v) is 12.1. The Labute approximate surface area is 216 Å². The van der Waals surface area contributed by atoms with Crippen LogP contribution in [0, 0.1) is 17.8 Å². The van der Waals surface area contributed by atoms with E-state index in [1.807, 2.05) is 23.8 Å². The number of likely N-dealkylation sites (tertiary alicyclic amines) is 2. The lowest BCUT2D eigenvalue weighted by molar-refractivity contribution is -0.221. The third-order valence-electron chi connectivity index (χ3n) is 8.89. The van der Waals surface area contributed by atoms with Crippen LogP contribution in [-0.4, -0.2) is 121 Å². The normalized spacial score (nSPS) is 26.1. The number of rotatable bonds is 12. The summed E-state index contributed by atoms with van der Waals surface area (Å²) in [6.07, 6.45) is 5.36. The number of hydrogen-bond acceptors (Lipinski definition) is 6. The molecule has 3 aliphatic heterocycles. The summed E-state index contributed by atoms with van der Waals surface area (Å²) in [6, 6.07) is -0.387. The largest absolute Gasteiger partial charge is 0.372 e. The van der Waals surface area contributed by atoms with Gasteiger partial charge in [-0.25, -0.2) is 4.79 Å². The fraction of sp³-hybridized carbons (Fsp3) is 0.889. The summed E-state index contributed by atoms with van der Waals surface area (Å²) in [4.78, 5) is 46.5. The van der Waals surface area contributed by atoms with E-state index in [0.717, 1.165) is 58.5 Å². The zero-order valence-corrected chi connectivity index (χ0v) is 22.9. The zero-order valence-electron chi connectivity index (χ0n) is 22.9. The van der Waals surface area contributed by atoms with E-state index in [-0.39, 0.29) is 35.5 Å². The van der Waals surface area contributed by atoms with Gasteiger partial charge in [-0.05, 0) is 57.4 Å². The van der Waals surface area contributed by atoms with Gasteiger partial charge in [0, 0.05) is 58.8 Å². The summed E-state index contributed by atoms with van der Waals surface area (Å²) in [5.41, 5.74) is 0.0149. The number of amides is 3. The molecule has 204 valence electrons. The van der Waals surface area contributed by atoms with Gasteiger partial charge in [-0.3, -0.25) is 14.6 Å². The van der Waals surface area contributed by atoms with Gasteiger partial charge in [-0.15, -0.1) is 0 Å². The minimum absolute atomic E-state index is 0.0149. The average molecular weight is 506 g/mol. The van der Waals surface area contributed by atoms with Crippen LogP contribution < -0.4 is 5.32 Å². The monoisotopic (exact) mass is 505 g/mol. The van der Waals surface area contributed by atoms with Gasteiger partial charge in [0.25, 0.3) is 0 Å². The van der Waals surface area contributed by atoms with E-state index in [1.165, 1.54) is 12.8 Å². The van der Waals surface area contributed by atoms with Gasteiger partial charge in [-0.1, -0.05) is 13.8 Å². The lowest BCUT2D eigenvalue weighted by atomic mass is 9.86. The maximum atomic E-state index is 13.3. The number of nitrogens with zero attached hydrogens (tertiary/aromatic N) is 4. The maximum absolute atomic E-state index is 13.3. The van der Waals surface area contributed by atoms with Crippen molar-refractivity contribution in [2.24, 2.45) is 17.8 Å². The molecule has 0 aromatic rings. The fourth-order valence-corrected chi connectivity index (χ4v) is 6.31. The van der Waals surface area contributed by atoms with E-state index in [9.17, 15) is 14.4 Å². The predicted molar refractivity (Wildman–Crippen MR) is 139 cm³/mol. The van der Waals surface area contributed by atoms with Crippen LogP contribution in [0.2, 0.25) is 0 Å². The highest BCUT2D eigenvalue weighted by molar-refractivity contribution is 5.84. The lowest BCUT2D eigenvalue weighted by Gasteiger charge is -2.55. The molecule has 0 bridgehead atoms. The summed E-state index contributed by atoms with van der Waals surface area (Å²) in [6.45, 7) is 14.4. The molecule has 9 heteroatoms. The minimum Gasteiger partial charge on any atom is -0.372 e. The van der Waals surface area contributed by atoms with Crippen molar-refractivity contribution >= 4 is 18.2 Å². The van der Waals surface area contributed by atoms with Crippen LogP contribution in [0.5, 0.6) is 0 Å². The molecule has 1 spiro atoms. The molecule has 4 aliphatic rings. The third-order valence-corrected chi connectivity index (χ3v) is 8.89. The van der Waals surface area contributed by atoms with Crippen LogP contribution in [-0.2, 0) is 14.3 Å². The number of ether oxygens (including phenoxy) is 1. The first-order valence-corrected chi connectivity index (χ1v) is 14.0. The van der Waals surface area contributed by atoms with Crippen LogP contribution in [0.25, 0.3) is 0 Å². The van der Waals surface area contributed by atoms with E-state index in [1.54, 1.807) is 0 Å². The summed E-state index contributed by atoms with van der Waals surface area (Å²) >= 11 is 0. The van der Waals surface area contributed by atoms with Crippen molar-refractivity contribution in [3.05, 3.63) is 0 Å². The van der Waals surface area contributed by atoms with E-state index >= 15 is 0 Å². The van der Waals surface area contributed by atoms with Gasteiger partial charge >= 0.3 is 6.03 Å². The Kier molecular flexibility index (Phi) is 8.62. The van der Waals surface area contributed by atoms with Crippen molar-refractivity contribution < 1.29 is 19.1 Å². The van der Waals surface area contributed by atoms with Gasteiger partial charge in [0.1, 0.15) is 6.29 Å². The second-order valence-electron chi connectivity index (χ2n) is 12.1. The number of carbonyl (C=O) groups is 3. The van der Waals surface area contributed by atoms with Crippen molar-refractivity contribution in [1.29, 1.82) is 0 Å². The maximum Gasteiger partial charge on any atom is 0.319 e. The molecular weight excluding hydrogens is 458 g/mol. The Bertz CT molecular complexity index is 791. The van der Waals surface area contributed by atoms with Gasteiger partial charge in [-0.2, -0.15) is 0 Å². The van der Waals surface area contributed by atoms with Crippen molar-refractivity contribution in [3.63, 3.8) is 0 Å². The zero-order chi connectivity index (χ0) is 26.0. The third kappa shape index (κ3) is 6.05. The molecule has 1 N–H and O–H groups in total. The Morgan fingerprint density at radius 2 is 1.89 bits per heavy atom. The van der Waals surface area contributed by atoms with Crippen molar-refractivity contribution in [1.82, 2.24) is 24.9 Å². The molecule has 3 saturated heterocycles. The molecule has 0 radical (unpaired) electrons. The highest BCUT2D eigenvalue weighted by Gasteiger charge is 2.49. The van der Waals surface area contributed by atoms with Crippen molar-refractivity contribution in [2.45, 2.75) is 77.1 Å². The number of hydrogen-bond donors (Lipinski definition) is 1. The van der Waals surface area contributed by atoms with Crippen LogP contribution in [0.1, 0.15) is 53.4 Å². The van der Waals surface area contributed by atoms with Crippen LogP contribution in [0.4, 0.5) is 4.79 Å². The first-order chi connectivity index (χ1) is 17.2. The van der Waals surface area contributed by atoms with Crippen molar-refractivity contribution in [3.8, 4) is 0 Å². The summed E-state index contributed by atoms with van der Waals surface area (Å²) in [5, 5.41) is 3.01. The Morgan fingerprint density at radius 3 is 2.42 bits per heavy atom. The Morgan fingerprint density at radius 1 is 1.19 bits per heavy atom. The highest BCUT2D eigenvalue weighted by atomic mass is 16.5. The molecule has 0 aromatic heterocycles. The molecule has 3 amide bonds. The van der Waals surface area contributed by atoms with Gasteiger partial charge in [0.05, 0.1) is 24.3 Å². The molecule has 4 unspecified atom stereocenters. The quantitative estimate of drug-likeness (QED) is 0.406. The second kappa shape index (κ2) is 11.4. The van der Waals surface area contributed by atoms with E-state index in [4.69, 9.17) is 4.74 Å². The molecule has 9 nitrogen and oxygen atoms in total. The molecule has 0 aromatic carbocycles. The lowest BCUT2D eigenvalue weighted by Crippen LogP contribution is -2.69. The molecule has 1 aliphatic carbocycles. The smallest absolute Gasteiger partial charge is 0.319 e. The van der Waals surface area contributed by atoms with Gasteiger partial charge in [0.15, 0.2) is 0 Å². The van der Waals surface area contributed by atoms with Gasteiger partial charge in [0.2, 0.25) is 5.91 Å². The molecular formula is C27H47N5O4. The molecule has 3 heterocycles. The first-order valence-electron chi connectivity index (χ1n) is 14.0. The topological polar surface area (TPSA) is 85.4 Å². The molecule has 1 saturated carbocycles. The first kappa shape index (κ1) is 27.3. The van der Waals surface area contributed by atoms with Crippen LogP contribution >= 0.6 is 0 Å². The predicted octanol–water partition coefficient (Wildman–Crippen LogP) is 1.66. The van der Waals surface area contributed by atoms with Crippen molar-refractivity contribution in [2.75, 3.05) is 59.5 Å². The number of nitrogens with one attached hydrogen (secondary N) is 1. The van der Waals surface area contributed by atoms with Crippen LogP contribution in [0.15, 0.2) is 0 Å². The number of carbonyl (C=O) groups excluding carboxylic acids is 3. The Hall–Kier alpha value is -1.71. The van der Waals surface area contributed by atoms with E-state index in [2.05, 4.69) is 35.9 Å². The highest BCUT2D eigenvalue weighted by Crippen LogP contribution is 2.36. The standard InChI is InChI=1S/C27H47N5O4/c1-6-31(26(35)29(5)20(4)22-7-8-22)13-21-9-11-32(14-21)24(19(2)3)25(34)28-23(16-33)15-30-17-27(18-30)10-12-36-27/h16,19-24H,6-15,17-18H2,1-5H3,(H,28,34).